The van der Waals surface area contributed by atoms with Crippen LogP contribution in [-0.4, -0.2) is 52.5 Å². The number of aromatic nitrogens is 1. The third-order valence-corrected chi connectivity index (χ3v) is 5.14. The van der Waals surface area contributed by atoms with Gasteiger partial charge in [0.15, 0.2) is 0 Å². The molecule has 2 heterocycles. The maximum Gasteiger partial charge on any atom is 0.320 e. The van der Waals surface area contributed by atoms with Crippen LogP contribution in [0.1, 0.15) is 37.6 Å². The molecule has 2 N–H and O–H groups in total. The molecule has 0 bridgehead atoms. The number of hydrogen-bond donors (Lipinski definition) is 2. The maximum absolute atomic E-state index is 11.5. The summed E-state index contributed by atoms with van der Waals surface area (Å²) < 4.78 is 0. The van der Waals surface area contributed by atoms with Crippen molar-refractivity contribution in [2.45, 2.75) is 38.6 Å². The van der Waals surface area contributed by atoms with Gasteiger partial charge in [0.05, 0.1) is 5.01 Å². The lowest BCUT2D eigenvalue weighted by molar-refractivity contribution is -0.142. The number of carbonyl (C=O) groups excluding carboxylic acids is 1. The van der Waals surface area contributed by atoms with Crippen LogP contribution in [0, 0.1) is 5.92 Å². The van der Waals surface area contributed by atoms with Crippen molar-refractivity contribution in [3.63, 3.8) is 0 Å². The fourth-order valence-corrected chi connectivity index (χ4v) is 3.68. The van der Waals surface area contributed by atoms with Gasteiger partial charge < -0.3 is 10.4 Å². The van der Waals surface area contributed by atoms with Crippen LogP contribution in [-0.2, 0) is 9.59 Å². The van der Waals surface area contributed by atoms with Crippen molar-refractivity contribution in [2.24, 2.45) is 5.92 Å². The van der Waals surface area contributed by atoms with Gasteiger partial charge in [-0.05, 0) is 12.3 Å². The molecule has 1 aliphatic rings. The number of nitrogens with zero attached hydrogens (tertiary/aromatic N) is 2. The van der Waals surface area contributed by atoms with E-state index >= 15 is 0 Å². The van der Waals surface area contributed by atoms with E-state index in [4.69, 9.17) is 0 Å². The number of hydrogen-bond acceptors (Lipinski definition) is 5. The highest BCUT2D eigenvalue weighted by Gasteiger charge is 2.39. The lowest BCUT2D eigenvalue weighted by Crippen LogP contribution is -2.41. The van der Waals surface area contributed by atoms with Crippen LogP contribution in [0.25, 0.3) is 0 Å². The maximum atomic E-state index is 11.5. The zero-order valence-corrected chi connectivity index (χ0v) is 13.8. The summed E-state index contributed by atoms with van der Waals surface area (Å²) in [6.45, 7) is 5.57. The molecule has 0 radical (unpaired) electrons. The molecule has 1 aromatic heterocycles. The van der Waals surface area contributed by atoms with Gasteiger partial charge in [0.2, 0.25) is 5.91 Å². The van der Waals surface area contributed by atoms with E-state index in [2.05, 4.69) is 17.2 Å². The molecule has 3 atom stereocenters. The number of aliphatic carboxylic acids is 1. The van der Waals surface area contributed by atoms with Gasteiger partial charge in [0, 0.05) is 44.1 Å². The number of nitrogens with one attached hydrogen (secondary N) is 1. The zero-order chi connectivity index (χ0) is 16.1. The summed E-state index contributed by atoms with van der Waals surface area (Å²) in [7, 11) is 0. The van der Waals surface area contributed by atoms with Crippen LogP contribution in [0.2, 0.25) is 0 Å². The highest BCUT2D eigenvalue weighted by Crippen LogP contribution is 2.33. The van der Waals surface area contributed by atoms with Crippen molar-refractivity contribution in [1.82, 2.24) is 15.2 Å². The molecule has 2 rings (SSSR count). The summed E-state index contributed by atoms with van der Waals surface area (Å²) in [6.07, 6.45) is 3.29. The molecule has 1 aromatic rings. The first-order chi connectivity index (χ1) is 10.5. The smallest absolute Gasteiger partial charge is 0.320 e. The predicted octanol–water partition coefficient (Wildman–Crippen LogP) is 1.55. The van der Waals surface area contributed by atoms with Crippen LogP contribution in [0.15, 0.2) is 11.6 Å². The molecule has 1 amide bonds. The van der Waals surface area contributed by atoms with Gasteiger partial charge >= 0.3 is 5.97 Å². The van der Waals surface area contributed by atoms with Gasteiger partial charge in [-0.1, -0.05) is 13.3 Å². The van der Waals surface area contributed by atoms with Gasteiger partial charge in [-0.2, -0.15) is 0 Å². The Morgan fingerprint density at radius 2 is 2.36 bits per heavy atom. The fourth-order valence-electron chi connectivity index (χ4n) is 2.93. The van der Waals surface area contributed by atoms with E-state index in [9.17, 15) is 14.7 Å². The van der Waals surface area contributed by atoms with Gasteiger partial charge in [-0.15, -0.1) is 11.3 Å². The summed E-state index contributed by atoms with van der Waals surface area (Å²) in [5.74, 6) is -0.357. The summed E-state index contributed by atoms with van der Waals surface area (Å²) in [4.78, 5) is 28.9. The summed E-state index contributed by atoms with van der Waals surface area (Å²) in [6, 6.07) is -0.458. The second-order valence-corrected chi connectivity index (χ2v) is 6.75. The minimum Gasteiger partial charge on any atom is -0.480 e. The monoisotopic (exact) mass is 325 g/mol. The van der Waals surface area contributed by atoms with Crippen LogP contribution in [0.3, 0.4) is 0 Å². The van der Waals surface area contributed by atoms with Crippen molar-refractivity contribution < 1.29 is 14.7 Å². The van der Waals surface area contributed by atoms with Crippen LogP contribution in [0.4, 0.5) is 0 Å². The van der Waals surface area contributed by atoms with Gasteiger partial charge in [-0.3, -0.25) is 14.5 Å². The van der Waals surface area contributed by atoms with Crippen molar-refractivity contribution >= 4 is 23.2 Å². The van der Waals surface area contributed by atoms with Crippen LogP contribution >= 0.6 is 11.3 Å². The van der Waals surface area contributed by atoms with E-state index in [0.29, 0.717) is 19.5 Å². The largest absolute Gasteiger partial charge is 0.480 e. The molecular weight excluding hydrogens is 302 g/mol. The number of likely N-dealkylation sites (tertiary alicyclic amines) is 1. The lowest BCUT2D eigenvalue weighted by Gasteiger charge is -2.26. The van der Waals surface area contributed by atoms with E-state index < -0.39 is 12.0 Å². The molecule has 22 heavy (non-hydrogen) atoms. The van der Waals surface area contributed by atoms with E-state index in [-0.39, 0.29) is 17.7 Å². The molecule has 1 saturated heterocycles. The summed E-state index contributed by atoms with van der Waals surface area (Å²) >= 11 is 1.59. The Bertz CT molecular complexity index is 506. The molecular formula is C15H23N3O3S. The Kier molecular flexibility index (Phi) is 5.90. The number of amides is 1. The third kappa shape index (κ3) is 4.27. The van der Waals surface area contributed by atoms with Gasteiger partial charge in [-0.25, -0.2) is 4.98 Å². The normalized spacial score (nSPS) is 23.4. The highest BCUT2D eigenvalue weighted by atomic mass is 32.1. The molecule has 0 aromatic carbocycles. The Balaban J connectivity index is 2.00. The second-order valence-electron chi connectivity index (χ2n) is 5.82. The molecule has 6 nitrogen and oxygen atoms in total. The van der Waals surface area contributed by atoms with Crippen molar-refractivity contribution in [3.8, 4) is 0 Å². The minimum absolute atomic E-state index is 0.0460. The average Bonchev–Trinajstić information content (AvgIpc) is 3.11. The molecule has 1 aliphatic heterocycles. The molecule has 122 valence electrons. The van der Waals surface area contributed by atoms with E-state index in [0.717, 1.165) is 18.0 Å². The average molecular weight is 325 g/mol. The zero-order valence-electron chi connectivity index (χ0n) is 13.0. The highest BCUT2D eigenvalue weighted by molar-refractivity contribution is 7.09. The fraction of sp³-hybridized carbons (Fsp3) is 0.667. The topological polar surface area (TPSA) is 82.5 Å². The number of carbonyl (C=O) groups is 2. The first kappa shape index (κ1) is 16.9. The van der Waals surface area contributed by atoms with Crippen molar-refractivity contribution in [1.29, 1.82) is 0 Å². The second kappa shape index (κ2) is 7.69. The quantitative estimate of drug-likeness (QED) is 0.795. The van der Waals surface area contributed by atoms with E-state index in [1.807, 2.05) is 10.3 Å². The summed E-state index contributed by atoms with van der Waals surface area (Å²) in [5, 5.41) is 15.3. The Labute approximate surface area is 134 Å². The standard InChI is InChI=1S/C15H23N3O3S/c1-3-11(7-17-10(2)19)8-18-9-12(6-13(18)15(20)21)14-16-4-5-22-14/h4-5,11-13H,3,6-9H2,1-2H3,(H,17,19)(H,20,21)/t11?,12-,13-/m1/s1. The molecule has 7 heteroatoms. The summed E-state index contributed by atoms with van der Waals surface area (Å²) in [5.41, 5.74) is 0. The molecule has 0 aliphatic carbocycles. The van der Waals surface area contributed by atoms with Crippen LogP contribution < -0.4 is 5.32 Å². The number of carboxylic acids is 1. The Morgan fingerprint density at radius 3 is 2.91 bits per heavy atom. The van der Waals surface area contributed by atoms with E-state index in [1.54, 1.807) is 17.5 Å². The first-order valence-corrected chi connectivity index (χ1v) is 8.49. The molecule has 0 saturated carbocycles. The number of carboxylic acid groups (broad SMARTS) is 1. The van der Waals surface area contributed by atoms with Gasteiger partial charge in [0.25, 0.3) is 0 Å². The Morgan fingerprint density at radius 1 is 1.59 bits per heavy atom. The molecule has 1 fully saturated rings. The van der Waals surface area contributed by atoms with Crippen molar-refractivity contribution in [3.05, 3.63) is 16.6 Å². The molecule has 0 spiro atoms. The number of thiazole rings is 1. The third-order valence-electron chi connectivity index (χ3n) is 4.20. The van der Waals surface area contributed by atoms with Crippen molar-refractivity contribution in [2.75, 3.05) is 19.6 Å². The number of rotatable bonds is 7. The van der Waals surface area contributed by atoms with Crippen LogP contribution in [0.5, 0.6) is 0 Å². The predicted molar refractivity (Wildman–Crippen MR) is 84.9 cm³/mol. The first-order valence-electron chi connectivity index (χ1n) is 7.61. The van der Waals surface area contributed by atoms with E-state index in [1.165, 1.54) is 6.92 Å². The lowest BCUT2D eigenvalue weighted by atomic mass is 10.1. The Hall–Kier alpha value is -1.47. The van der Waals surface area contributed by atoms with Gasteiger partial charge in [0.1, 0.15) is 6.04 Å². The SMILES string of the molecule is CCC(CNC(C)=O)CN1C[C@H](c2nccs2)C[C@@H]1C(=O)O. The minimum atomic E-state index is -0.770. The molecule has 1 unspecified atom stereocenters.